The number of para-hydroxylation sites is 1. The van der Waals surface area contributed by atoms with Gasteiger partial charge in [0.1, 0.15) is 4.21 Å². The number of fused-ring (bicyclic) bond motifs is 1. The fourth-order valence-electron chi connectivity index (χ4n) is 3.65. The standard InChI is InChI=1S/C19H22N2O2S2/c1-2-15-7-8-19(24-15)25(22,23)21-11-9-14(10-12-21)17-13-20-18-6-4-3-5-16(17)18/h3-8,13-14,20H,2,9-12H2,1H3. The average molecular weight is 375 g/mol. The van der Waals surface area contributed by atoms with E-state index in [4.69, 9.17) is 0 Å². The smallest absolute Gasteiger partial charge is 0.252 e. The van der Waals surface area contributed by atoms with E-state index in [1.54, 1.807) is 10.4 Å². The zero-order valence-electron chi connectivity index (χ0n) is 14.2. The van der Waals surface area contributed by atoms with Crippen LogP contribution in [0.4, 0.5) is 0 Å². The number of aryl methyl sites for hydroxylation is 1. The monoisotopic (exact) mass is 374 g/mol. The Kier molecular flexibility index (Phi) is 4.43. The molecule has 1 fully saturated rings. The molecule has 1 aliphatic heterocycles. The maximum Gasteiger partial charge on any atom is 0.252 e. The van der Waals surface area contributed by atoms with E-state index in [2.05, 4.69) is 36.3 Å². The van der Waals surface area contributed by atoms with Gasteiger partial charge >= 0.3 is 0 Å². The SMILES string of the molecule is CCc1ccc(S(=O)(=O)N2CCC(c3c[nH]c4ccccc34)CC2)s1. The molecule has 1 N–H and O–H groups in total. The van der Waals surface area contributed by atoms with Gasteiger partial charge in [-0.2, -0.15) is 4.31 Å². The highest BCUT2D eigenvalue weighted by Crippen LogP contribution is 2.35. The molecule has 0 aliphatic carbocycles. The number of hydrogen-bond acceptors (Lipinski definition) is 3. The molecule has 6 heteroatoms. The molecule has 4 nitrogen and oxygen atoms in total. The third kappa shape index (κ3) is 3.03. The second-order valence-electron chi connectivity index (χ2n) is 6.54. The van der Waals surface area contributed by atoms with Crippen molar-refractivity contribution in [2.45, 2.75) is 36.3 Å². The summed E-state index contributed by atoms with van der Waals surface area (Å²) in [6.45, 7) is 3.23. The third-order valence-corrected chi connectivity index (χ3v) is 8.69. The largest absolute Gasteiger partial charge is 0.361 e. The van der Waals surface area contributed by atoms with E-state index in [1.807, 2.05) is 12.1 Å². The van der Waals surface area contributed by atoms with Gasteiger partial charge in [-0.05, 0) is 48.9 Å². The van der Waals surface area contributed by atoms with E-state index in [-0.39, 0.29) is 0 Å². The molecule has 3 heterocycles. The number of aromatic amines is 1. The van der Waals surface area contributed by atoms with Crippen molar-refractivity contribution in [1.82, 2.24) is 9.29 Å². The maximum atomic E-state index is 12.9. The normalized spacial score (nSPS) is 17.3. The van der Waals surface area contributed by atoms with Gasteiger partial charge in [-0.1, -0.05) is 25.1 Å². The molecule has 1 saturated heterocycles. The predicted octanol–water partition coefficient (Wildman–Crippen LogP) is 4.36. The van der Waals surface area contributed by atoms with E-state index in [0.717, 1.165) is 29.7 Å². The molecule has 0 unspecified atom stereocenters. The Labute approximate surface area is 152 Å². The van der Waals surface area contributed by atoms with Gasteiger partial charge in [-0.25, -0.2) is 8.42 Å². The topological polar surface area (TPSA) is 53.2 Å². The Balaban J connectivity index is 1.51. The number of thiophene rings is 1. The van der Waals surface area contributed by atoms with Gasteiger partial charge in [0.05, 0.1) is 0 Å². The molecule has 0 amide bonds. The molecule has 1 aliphatic rings. The van der Waals surface area contributed by atoms with Crippen molar-refractivity contribution in [3.63, 3.8) is 0 Å². The summed E-state index contributed by atoms with van der Waals surface area (Å²) in [6, 6.07) is 12.0. The van der Waals surface area contributed by atoms with Crippen molar-refractivity contribution in [3.05, 3.63) is 53.0 Å². The Morgan fingerprint density at radius 2 is 1.92 bits per heavy atom. The minimum absolute atomic E-state index is 0.414. The van der Waals surface area contributed by atoms with Gasteiger partial charge in [-0.3, -0.25) is 0 Å². The Bertz CT molecular complexity index is 980. The minimum Gasteiger partial charge on any atom is -0.361 e. The predicted molar refractivity (Wildman–Crippen MR) is 103 cm³/mol. The first kappa shape index (κ1) is 16.8. The van der Waals surface area contributed by atoms with E-state index in [1.165, 1.54) is 22.3 Å². The van der Waals surface area contributed by atoms with Gasteiger partial charge in [0.2, 0.25) is 0 Å². The van der Waals surface area contributed by atoms with Gasteiger partial charge in [-0.15, -0.1) is 11.3 Å². The lowest BCUT2D eigenvalue weighted by Crippen LogP contribution is -2.37. The number of hydrogen-bond donors (Lipinski definition) is 1. The molecule has 4 rings (SSSR count). The Morgan fingerprint density at radius 1 is 1.16 bits per heavy atom. The van der Waals surface area contributed by atoms with Crippen LogP contribution in [0.15, 0.2) is 46.8 Å². The van der Waals surface area contributed by atoms with Crippen molar-refractivity contribution in [3.8, 4) is 0 Å². The van der Waals surface area contributed by atoms with Gasteiger partial charge in [0.25, 0.3) is 10.0 Å². The molecule has 0 saturated carbocycles. The number of aromatic nitrogens is 1. The number of nitrogens with zero attached hydrogens (tertiary/aromatic N) is 1. The lowest BCUT2D eigenvalue weighted by atomic mass is 9.90. The first-order chi connectivity index (χ1) is 12.1. The quantitative estimate of drug-likeness (QED) is 0.738. The van der Waals surface area contributed by atoms with Crippen LogP contribution in [0.2, 0.25) is 0 Å². The highest BCUT2D eigenvalue weighted by atomic mass is 32.2. The lowest BCUT2D eigenvalue weighted by molar-refractivity contribution is 0.321. The molecule has 132 valence electrons. The fraction of sp³-hybridized carbons (Fsp3) is 0.368. The van der Waals surface area contributed by atoms with Crippen LogP contribution < -0.4 is 0 Å². The molecule has 0 spiro atoms. The maximum absolute atomic E-state index is 12.9. The van der Waals surface area contributed by atoms with Crippen molar-refractivity contribution in [2.75, 3.05) is 13.1 Å². The highest BCUT2D eigenvalue weighted by molar-refractivity contribution is 7.91. The summed E-state index contributed by atoms with van der Waals surface area (Å²) in [5, 5.41) is 1.26. The average Bonchev–Trinajstić information content (AvgIpc) is 3.29. The summed E-state index contributed by atoms with van der Waals surface area (Å²) >= 11 is 1.40. The second-order valence-corrected chi connectivity index (χ2v) is 9.88. The molecule has 0 radical (unpaired) electrons. The molecule has 2 aromatic heterocycles. The first-order valence-electron chi connectivity index (χ1n) is 8.74. The minimum atomic E-state index is -3.34. The molecule has 0 atom stereocenters. The molecule has 3 aromatic rings. The number of H-pyrrole nitrogens is 1. The van der Waals surface area contributed by atoms with Gasteiger partial charge < -0.3 is 4.98 Å². The van der Waals surface area contributed by atoms with Crippen LogP contribution >= 0.6 is 11.3 Å². The van der Waals surface area contributed by atoms with Crippen LogP contribution in [0.25, 0.3) is 10.9 Å². The van der Waals surface area contributed by atoms with E-state index >= 15 is 0 Å². The number of rotatable bonds is 4. The zero-order chi connectivity index (χ0) is 17.4. The first-order valence-corrected chi connectivity index (χ1v) is 11.0. The van der Waals surface area contributed by atoms with Crippen LogP contribution in [-0.4, -0.2) is 30.8 Å². The van der Waals surface area contributed by atoms with Crippen molar-refractivity contribution in [2.24, 2.45) is 0 Å². The Morgan fingerprint density at radius 3 is 2.64 bits per heavy atom. The lowest BCUT2D eigenvalue weighted by Gasteiger charge is -2.30. The van der Waals surface area contributed by atoms with Crippen LogP contribution in [0, 0.1) is 0 Å². The number of benzene rings is 1. The summed E-state index contributed by atoms with van der Waals surface area (Å²) < 4.78 is 27.8. The summed E-state index contributed by atoms with van der Waals surface area (Å²) in [6.07, 6.45) is 4.70. The van der Waals surface area contributed by atoms with Crippen LogP contribution in [0.3, 0.4) is 0 Å². The van der Waals surface area contributed by atoms with Crippen LogP contribution in [0.1, 0.15) is 36.1 Å². The second kappa shape index (κ2) is 6.59. The zero-order valence-corrected chi connectivity index (χ0v) is 15.9. The van der Waals surface area contributed by atoms with Crippen molar-refractivity contribution >= 4 is 32.3 Å². The van der Waals surface area contributed by atoms with Gasteiger partial charge in [0.15, 0.2) is 0 Å². The summed E-state index contributed by atoms with van der Waals surface area (Å²) in [5.41, 5.74) is 2.47. The Hall–Kier alpha value is -1.63. The summed E-state index contributed by atoms with van der Waals surface area (Å²) in [4.78, 5) is 4.45. The molecule has 1 aromatic carbocycles. The van der Waals surface area contributed by atoms with E-state index in [9.17, 15) is 8.42 Å². The molecule has 0 bridgehead atoms. The van der Waals surface area contributed by atoms with Crippen molar-refractivity contribution < 1.29 is 8.42 Å². The number of piperidine rings is 1. The summed E-state index contributed by atoms with van der Waals surface area (Å²) in [7, 11) is -3.34. The van der Waals surface area contributed by atoms with Crippen LogP contribution in [-0.2, 0) is 16.4 Å². The van der Waals surface area contributed by atoms with Gasteiger partial charge in [0, 0.05) is 35.1 Å². The third-order valence-electron chi connectivity index (χ3n) is 5.09. The number of nitrogens with one attached hydrogen (secondary N) is 1. The molecular weight excluding hydrogens is 352 g/mol. The molecular formula is C19H22N2O2S2. The van der Waals surface area contributed by atoms with E-state index in [0.29, 0.717) is 23.2 Å². The molecule has 25 heavy (non-hydrogen) atoms. The van der Waals surface area contributed by atoms with Crippen molar-refractivity contribution in [1.29, 1.82) is 0 Å². The van der Waals surface area contributed by atoms with E-state index < -0.39 is 10.0 Å². The highest BCUT2D eigenvalue weighted by Gasteiger charge is 2.31. The summed E-state index contributed by atoms with van der Waals surface area (Å²) in [5.74, 6) is 0.414. The fourth-order valence-corrected chi connectivity index (χ4v) is 6.57. The van der Waals surface area contributed by atoms with Crippen LogP contribution in [0.5, 0.6) is 0 Å². The number of sulfonamides is 1.